The van der Waals surface area contributed by atoms with E-state index in [9.17, 15) is 4.79 Å². The maximum absolute atomic E-state index is 10.9. The van der Waals surface area contributed by atoms with Gasteiger partial charge in [-0.1, -0.05) is 24.6 Å². The summed E-state index contributed by atoms with van der Waals surface area (Å²) in [6.07, 6.45) is 4.26. The first-order valence-corrected chi connectivity index (χ1v) is 6.79. The molecule has 4 heteroatoms. The predicted molar refractivity (Wildman–Crippen MR) is 75.3 cm³/mol. The molecule has 0 heterocycles. The highest BCUT2D eigenvalue weighted by Gasteiger charge is 1.97. The molecule has 0 atom stereocenters. The summed E-state index contributed by atoms with van der Waals surface area (Å²) >= 11 is 0. The van der Waals surface area contributed by atoms with Gasteiger partial charge in [0.1, 0.15) is 12.4 Å². The molecule has 1 aromatic rings. The van der Waals surface area contributed by atoms with E-state index in [2.05, 4.69) is 5.32 Å². The van der Waals surface area contributed by atoms with Gasteiger partial charge in [0.05, 0.1) is 6.61 Å². The number of ether oxygens (including phenoxy) is 2. The highest BCUT2D eigenvalue weighted by molar-refractivity contribution is 5.76. The lowest BCUT2D eigenvalue weighted by atomic mass is 10.2. The van der Waals surface area contributed by atoms with Crippen LogP contribution in [0.2, 0.25) is 0 Å². The summed E-state index contributed by atoms with van der Waals surface area (Å²) in [5.41, 5.74) is 0. The quantitative estimate of drug-likeness (QED) is 0.661. The molecule has 0 aliphatic heterocycles. The first-order valence-electron chi connectivity index (χ1n) is 6.79. The number of unbranched alkanes of at least 4 members (excludes halogenated alkanes) is 3. The van der Waals surface area contributed by atoms with Gasteiger partial charge in [-0.3, -0.25) is 4.79 Å². The molecule has 1 aromatic carbocycles. The number of rotatable bonds is 10. The molecule has 0 radical (unpaired) electrons. The standard InChI is InChI=1S/C15H23NO3/c1-16-15(17)13-18-11-7-2-3-8-12-19-14-9-5-4-6-10-14/h4-6,9-10H,2-3,7-8,11-13H2,1H3,(H,16,17). The fourth-order valence-electron chi connectivity index (χ4n) is 1.60. The van der Waals surface area contributed by atoms with Crippen molar-refractivity contribution in [3.05, 3.63) is 30.3 Å². The van der Waals surface area contributed by atoms with Crippen LogP contribution in [0.25, 0.3) is 0 Å². The second-order valence-electron chi connectivity index (χ2n) is 4.30. The Balaban J connectivity index is 1.85. The highest BCUT2D eigenvalue weighted by Crippen LogP contribution is 2.09. The summed E-state index contributed by atoms with van der Waals surface area (Å²) in [6.45, 7) is 1.56. The van der Waals surface area contributed by atoms with Crippen LogP contribution in [0.15, 0.2) is 30.3 Å². The van der Waals surface area contributed by atoms with Crippen molar-refractivity contribution in [1.29, 1.82) is 0 Å². The minimum Gasteiger partial charge on any atom is -0.494 e. The summed E-state index contributed by atoms with van der Waals surface area (Å²) in [6, 6.07) is 9.85. The summed E-state index contributed by atoms with van der Waals surface area (Å²) in [7, 11) is 1.61. The first kappa shape index (κ1) is 15.5. The van der Waals surface area contributed by atoms with Crippen molar-refractivity contribution in [3.8, 4) is 5.75 Å². The lowest BCUT2D eigenvalue weighted by Crippen LogP contribution is -2.23. The van der Waals surface area contributed by atoms with Crippen molar-refractivity contribution in [1.82, 2.24) is 5.32 Å². The fourth-order valence-corrected chi connectivity index (χ4v) is 1.60. The Bertz CT molecular complexity index is 341. The van der Waals surface area contributed by atoms with E-state index in [1.54, 1.807) is 7.05 Å². The molecule has 1 amide bonds. The summed E-state index contributed by atoms with van der Waals surface area (Å²) in [5.74, 6) is 0.854. The van der Waals surface area contributed by atoms with Gasteiger partial charge in [0.25, 0.3) is 0 Å². The largest absolute Gasteiger partial charge is 0.494 e. The lowest BCUT2D eigenvalue weighted by molar-refractivity contribution is -0.125. The van der Waals surface area contributed by atoms with Gasteiger partial charge in [0, 0.05) is 13.7 Å². The Kier molecular flexibility index (Phi) is 8.47. The van der Waals surface area contributed by atoms with Crippen LogP contribution in [-0.4, -0.2) is 32.8 Å². The van der Waals surface area contributed by atoms with Crippen LogP contribution >= 0.6 is 0 Å². The Morgan fingerprint density at radius 2 is 1.74 bits per heavy atom. The maximum Gasteiger partial charge on any atom is 0.245 e. The topological polar surface area (TPSA) is 47.6 Å². The number of para-hydroxylation sites is 1. The van der Waals surface area contributed by atoms with Crippen LogP contribution in [-0.2, 0) is 9.53 Å². The summed E-state index contributed by atoms with van der Waals surface area (Å²) < 4.78 is 10.8. The van der Waals surface area contributed by atoms with Crippen molar-refractivity contribution in [2.24, 2.45) is 0 Å². The van der Waals surface area contributed by atoms with E-state index in [1.807, 2.05) is 30.3 Å². The number of hydrogen-bond donors (Lipinski definition) is 1. The Morgan fingerprint density at radius 1 is 1.05 bits per heavy atom. The van der Waals surface area contributed by atoms with E-state index in [0.29, 0.717) is 6.61 Å². The molecule has 0 saturated heterocycles. The fraction of sp³-hybridized carbons (Fsp3) is 0.533. The average Bonchev–Trinajstić information content (AvgIpc) is 2.46. The smallest absolute Gasteiger partial charge is 0.245 e. The Hall–Kier alpha value is -1.55. The van der Waals surface area contributed by atoms with Gasteiger partial charge in [-0.25, -0.2) is 0 Å². The number of hydrogen-bond acceptors (Lipinski definition) is 3. The van der Waals surface area contributed by atoms with Crippen molar-refractivity contribution < 1.29 is 14.3 Å². The molecule has 106 valence electrons. The van der Waals surface area contributed by atoms with E-state index < -0.39 is 0 Å². The highest BCUT2D eigenvalue weighted by atomic mass is 16.5. The molecule has 1 rings (SSSR count). The molecule has 0 fully saturated rings. The van der Waals surface area contributed by atoms with Crippen LogP contribution in [0.4, 0.5) is 0 Å². The lowest BCUT2D eigenvalue weighted by Gasteiger charge is -2.06. The molecular weight excluding hydrogens is 242 g/mol. The van der Waals surface area contributed by atoms with E-state index in [1.165, 1.54) is 0 Å². The van der Waals surface area contributed by atoms with Gasteiger partial charge in [-0.15, -0.1) is 0 Å². The molecule has 0 unspecified atom stereocenters. The Morgan fingerprint density at radius 3 is 2.42 bits per heavy atom. The number of benzene rings is 1. The van der Waals surface area contributed by atoms with Crippen molar-refractivity contribution >= 4 is 5.91 Å². The zero-order chi connectivity index (χ0) is 13.8. The monoisotopic (exact) mass is 265 g/mol. The molecule has 0 saturated carbocycles. The van der Waals surface area contributed by atoms with Crippen molar-refractivity contribution in [2.45, 2.75) is 25.7 Å². The molecule has 0 bridgehead atoms. The van der Waals surface area contributed by atoms with E-state index in [4.69, 9.17) is 9.47 Å². The van der Waals surface area contributed by atoms with Gasteiger partial charge >= 0.3 is 0 Å². The molecule has 0 aromatic heterocycles. The third-order valence-electron chi connectivity index (χ3n) is 2.71. The van der Waals surface area contributed by atoms with Crippen LogP contribution in [0.1, 0.15) is 25.7 Å². The summed E-state index contributed by atoms with van der Waals surface area (Å²) in [4.78, 5) is 10.9. The molecule has 4 nitrogen and oxygen atoms in total. The first-order chi connectivity index (χ1) is 9.33. The minimum absolute atomic E-state index is 0.0729. The third-order valence-corrected chi connectivity index (χ3v) is 2.71. The zero-order valence-electron chi connectivity index (χ0n) is 11.6. The summed E-state index contributed by atoms with van der Waals surface area (Å²) in [5, 5.41) is 2.52. The average molecular weight is 265 g/mol. The number of likely N-dealkylation sites (N-methyl/N-ethyl adjacent to an activating group) is 1. The molecular formula is C15H23NO3. The number of carbonyl (C=O) groups excluding carboxylic acids is 1. The van der Waals surface area contributed by atoms with Gasteiger partial charge in [-0.2, -0.15) is 0 Å². The minimum atomic E-state index is -0.0729. The zero-order valence-corrected chi connectivity index (χ0v) is 11.6. The normalized spacial score (nSPS) is 10.2. The second kappa shape index (κ2) is 10.4. The van der Waals surface area contributed by atoms with Gasteiger partial charge in [0.2, 0.25) is 5.91 Å². The van der Waals surface area contributed by atoms with E-state index in [0.717, 1.165) is 38.0 Å². The molecule has 0 aliphatic rings. The van der Waals surface area contributed by atoms with E-state index in [-0.39, 0.29) is 12.5 Å². The SMILES string of the molecule is CNC(=O)COCCCCCCOc1ccccc1. The van der Waals surface area contributed by atoms with Crippen LogP contribution in [0, 0.1) is 0 Å². The third kappa shape index (κ3) is 8.21. The van der Waals surface area contributed by atoms with Crippen molar-refractivity contribution in [2.75, 3.05) is 26.9 Å². The van der Waals surface area contributed by atoms with Crippen LogP contribution in [0.3, 0.4) is 0 Å². The van der Waals surface area contributed by atoms with Gasteiger partial charge in [0.15, 0.2) is 0 Å². The second-order valence-corrected chi connectivity index (χ2v) is 4.30. The predicted octanol–water partition coefficient (Wildman–Crippen LogP) is 2.39. The molecule has 1 N–H and O–H groups in total. The van der Waals surface area contributed by atoms with Gasteiger partial charge < -0.3 is 14.8 Å². The number of nitrogens with one attached hydrogen (secondary N) is 1. The van der Waals surface area contributed by atoms with Crippen molar-refractivity contribution in [3.63, 3.8) is 0 Å². The molecule has 0 aliphatic carbocycles. The number of amides is 1. The van der Waals surface area contributed by atoms with Crippen LogP contribution in [0.5, 0.6) is 5.75 Å². The maximum atomic E-state index is 10.9. The van der Waals surface area contributed by atoms with E-state index >= 15 is 0 Å². The van der Waals surface area contributed by atoms with Gasteiger partial charge in [-0.05, 0) is 31.4 Å². The van der Waals surface area contributed by atoms with Crippen LogP contribution < -0.4 is 10.1 Å². The molecule has 19 heavy (non-hydrogen) atoms. The molecule has 0 spiro atoms. The Labute approximate surface area is 115 Å². The number of carbonyl (C=O) groups is 1.